The van der Waals surface area contributed by atoms with Gasteiger partial charge in [-0.2, -0.15) is 0 Å². The average Bonchev–Trinajstić information content (AvgIpc) is 2.33. The molecule has 1 aromatic carbocycles. The standard InChI is InChI=1S/C12H6N2O2/c15-9-6-14-8-4-3-7-2-1-5-13-11(7)10(8)12(9)16/h1-6H. The van der Waals surface area contributed by atoms with Crippen LogP contribution < -0.4 is 0 Å². The van der Waals surface area contributed by atoms with E-state index in [9.17, 15) is 9.59 Å². The van der Waals surface area contributed by atoms with Crippen molar-refractivity contribution in [3.63, 3.8) is 0 Å². The summed E-state index contributed by atoms with van der Waals surface area (Å²) in [5.41, 5.74) is 1.36. The Hall–Kier alpha value is -2.36. The second-order valence-electron chi connectivity index (χ2n) is 3.49. The molecule has 0 fully saturated rings. The second kappa shape index (κ2) is 3.06. The third-order valence-corrected chi connectivity index (χ3v) is 2.52. The molecule has 4 heteroatoms. The summed E-state index contributed by atoms with van der Waals surface area (Å²) in [5.74, 6) is -1.13. The van der Waals surface area contributed by atoms with Gasteiger partial charge in [0.25, 0.3) is 0 Å². The first-order valence-electron chi connectivity index (χ1n) is 4.78. The number of carbonyl (C=O) groups excluding carboxylic acids is 2. The number of hydrogen-bond acceptors (Lipinski definition) is 4. The minimum Gasteiger partial charge on any atom is -0.285 e. The molecule has 0 radical (unpaired) electrons. The third-order valence-electron chi connectivity index (χ3n) is 2.52. The molecule has 0 spiro atoms. The predicted octanol–water partition coefficient (Wildman–Crippen LogP) is 1.70. The van der Waals surface area contributed by atoms with Crippen molar-refractivity contribution in [1.82, 2.24) is 4.98 Å². The molecule has 2 aromatic rings. The molecule has 0 amide bonds. The smallest absolute Gasteiger partial charge is 0.244 e. The molecule has 0 aliphatic carbocycles. The van der Waals surface area contributed by atoms with Gasteiger partial charge in [-0.3, -0.25) is 19.6 Å². The van der Waals surface area contributed by atoms with Crippen molar-refractivity contribution in [2.75, 3.05) is 0 Å². The number of aliphatic imine (C=N–C) groups is 1. The minimum atomic E-state index is -0.592. The van der Waals surface area contributed by atoms with Crippen LogP contribution in [0.5, 0.6) is 0 Å². The van der Waals surface area contributed by atoms with Crippen LogP contribution in [0.1, 0.15) is 10.4 Å². The number of rotatable bonds is 0. The van der Waals surface area contributed by atoms with Gasteiger partial charge in [-0.15, -0.1) is 0 Å². The second-order valence-corrected chi connectivity index (χ2v) is 3.49. The number of aromatic nitrogens is 1. The van der Waals surface area contributed by atoms with E-state index in [1.807, 2.05) is 12.1 Å². The molecule has 4 nitrogen and oxygen atoms in total. The summed E-state index contributed by atoms with van der Waals surface area (Å²) in [4.78, 5) is 31.1. The summed E-state index contributed by atoms with van der Waals surface area (Å²) >= 11 is 0. The van der Waals surface area contributed by atoms with Gasteiger partial charge in [0.1, 0.15) is 0 Å². The summed E-state index contributed by atoms with van der Waals surface area (Å²) in [6.07, 6.45) is 2.65. The first-order valence-corrected chi connectivity index (χ1v) is 4.78. The lowest BCUT2D eigenvalue weighted by Crippen LogP contribution is -2.19. The van der Waals surface area contributed by atoms with E-state index in [4.69, 9.17) is 0 Å². The van der Waals surface area contributed by atoms with Crippen LogP contribution in [0, 0.1) is 0 Å². The van der Waals surface area contributed by atoms with Gasteiger partial charge in [-0.05, 0) is 12.1 Å². The molecule has 0 atom stereocenters. The Labute approximate surface area is 90.6 Å². The number of pyridine rings is 1. The van der Waals surface area contributed by atoms with Crippen LogP contribution in [0.3, 0.4) is 0 Å². The van der Waals surface area contributed by atoms with E-state index in [-0.39, 0.29) is 0 Å². The maximum absolute atomic E-state index is 11.7. The average molecular weight is 210 g/mol. The van der Waals surface area contributed by atoms with Gasteiger partial charge in [-0.25, -0.2) is 0 Å². The van der Waals surface area contributed by atoms with E-state index >= 15 is 0 Å². The summed E-state index contributed by atoms with van der Waals surface area (Å²) in [6.45, 7) is 0. The molecule has 16 heavy (non-hydrogen) atoms. The number of hydrogen-bond donors (Lipinski definition) is 0. The van der Waals surface area contributed by atoms with Crippen molar-refractivity contribution in [3.05, 3.63) is 36.0 Å². The number of benzene rings is 1. The van der Waals surface area contributed by atoms with Crippen molar-refractivity contribution < 1.29 is 9.59 Å². The third kappa shape index (κ3) is 1.10. The largest absolute Gasteiger partial charge is 0.285 e. The zero-order valence-corrected chi connectivity index (χ0v) is 8.18. The SMILES string of the molecule is O=C1C=Nc2ccc3cccnc3c2C1=O. The van der Waals surface area contributed by atoms with Gasteiger partial charge in [0.05, 0.1) is 23.0 Å². The quantitative estimate of drug-likeness (QED) is 0.622. The highest BCUT2D eigenvalue weighted by molar-refractivity contribution is 6.65. The van der Waals surface area contributed by atoms with Gasteiger partial charge < -0.3 is 0 Å². The minimum absolute atomic E-state index is 0.311. The number of carbonyl (C=O) groups is 2. The number of fused-ring (bicyclic) bond motifs is 3. The van der Waals surface area contributed by atoms with E-state index in [0.717, 1.165) is 11.6 Å². The van der Waals surface area contributed by atoms with Gasteiger partial charge in [0, 0.05) is 11.6 Å². The normalized spacial score (nSPS) is 14.2. The molecule has 0 unspecified atom stereocenters. The van der Waals surface area contributed by atoms with Crippen molar-refractivity contribution in [1.29, 1.82) is 0 Å². The van der Waals surface area contributed by atoms with Gasteiger partial charge >= 0.3 is 0 Å². The highest BCUT2D eigenvalue weighted by atomic mass is 16.2. The van der Waals surface area contributed by atoms with E-state index < -0.39 is 11.6 Å². The highest BCUT2D eigenvalue weighted by Gasteiger charge is 2.24. The molecule has 1 aromatic heterocycles. The molecule has 1 aliphatic heterocycles. The summed E-state index contributed by atoms with van der Waals surface area (Å²) in [7, 11) is 0. The van der Waals surface area contributed by atoms with E-state index in [0.29, 0.717) is 16.8 Å². The lowest BCUT2D eigenvalue weighted by molar-refractivity contribution is -0.109. The molecular formula is C12H6N2O2. The predicted molar refractivity (Wildman–Crippen MR) is 59.2 cm³/mol. The monoisotopic (exact) mass is 210 g/mol. The van der Waals surface area contributed by atoms with Crippen molar-refractivity contribution in [2.45, 2.75) is 0 Å². The van der Waals surface area contributed by atoms with Crippen LogP contribution in [-0.2, 0) is 4.79 Å². The lowest BCUT2D eigenvalue weighted by atomic mass is 9.99. The summed E-state index contributed by atoms with van der Waals surface area (Å²) in [5, 5.41) is 0.833. The van der Waals surface area contributed by atoms with Crippen LogP contribution in [0.4, 0.5) is 5.69 Å². The van der Waals surface area contributed by atoms with E-state index in [1.165, 1.54) is 0 Å². The van der Waals surface area contributed by atoms with Gasteiger partial charge in [0.2, 0.25) is 11.6 Å². The number of Topliss-reactive ketones (excluding diaryl/α,β-unsaturated/α-hetero) is 2. The summed E-state index contributed by atoms with van der Waals surface area (Å²) in [6, 6.07) is 7.19. The number of ketones is 2. The zero-order valence-electron chi connectivity index (χ0n) is 8.18. The van der Waals surface area contributed by atoms with Crippen LogP contribution in [0.15, 0.2) is 35.5 Å². The maximum Gasteiger partial charge on any atom is 0.244 e. The molecule has 0 saturated carbocycles. The Bertz CT molecular complexity index is 659. The Balaban J connectivity index is 2.46. The molecule has 1 aliphatic rings. The topological polar surface area (TPSA) is 59.4 Å². The Morgan fingerprint density at radius 3 is 2.81 bits per heavy atom. The van der Waals surface area contributed by atoms with Gasteiger partial charge in [0.15, 0.2) is 0 Å². The summed E-state index contributed by atoms with van der Waals surface area (Å²) < 4.78 is 0. The van der Waals surface area contributed by atoms with E-state index in [2.05, 4.69) is 9.98 Å². The van der Waals surface area contributed by atoms with Crippen LogP contribution in [0.2, 0.25) is 0 Å². The first kappa shape index (κ1) is 8.91. The van der Waals surface area contributed by atoms with E-state index in [1.54, 1.807) is 18.3 Å². The fourth-order valence-corrected chi connectivity index (χ4v) is 1.78. The molecule has 0 N–H and O–H groups in total. The Morgan fingerprint density at radius 1 is 1.06 bits per heavy atom. The molecule has 0 bridgehead atoms. The molecule has 2 heterocycles. The van der Waals surface area contributed by atoms with Crippen LogP contribution in [-0.4, -0.2) is 22.8 Å². The Kier molecular flexibility index (Phi) is 1.71. The molecule has 3 rings (SSSR count). The molecule has 76 valence electrons. The van der Waals surface area contributed by atoms with Crippen LogP contribution >= 0.6 is 0 Å². The fraction of sp³-hybridized carbons (Fsp3) is 0. The molecule has 0 saturated heterocycles. The fourth-order valence-electron chi connectivity index (χ4n) is 1.78. The Morgan fingerprint density at radius 2 is 1.94 bits per heavy atom. The van der Waals surface area contributed by atoms with Crippen molar-refractivity contribution >= 4 is 34.4 Å². The van der Waals surface area contributed by atoms with Crippen molar-refractivity contribution in [2.24, 2.45) is 4.99 Å². The van der Waals surface area contributed by atoms with Crippen molar-refractivity contribution in [3.8, 4) is 0 Å². The highest BCUT2D eigenvalue weighted by Crippen LogP contribution is 2.29. The number of nitrogens with zero attached hydrogens (tertiary/aromatic N) is 2. The van der Waals surface area contributed by atoms with Crippen LogP contribution in [0.25, 0.3) is 10.9 Å². The maximum atomic E-state index is 11.7. The molecular weight excluding hydrogens is 204 g/mol. The lowest BCUT2D eigenvalue weighted by Gasteiger charge is -2.09. The first-order chi connectivity index (χ1) is 7.77. The zero-order chi connectivity index (χ0) is 11.1. The van der Waals surface area contributed by atoms with Gasteiger partial charge in [-0.1, -0.05) is 12.1 Å².